The molecule has 6 atom stereocenters. The summed E-state index contributed by atoms with van der Waals surface area (Å²) in [6, 6.07) is 8.37. The molecular formula is C21H20O11. The van der Waals surface area contributed by atoms with Gasteiger partial charge in [-0.05, 0) is 17.7 Å². The van der Waals surface area contributed by atoms with Gasteiger partial charge in [0.2, 0.25) is 6.29 Å². The fourth-order valence-electron chi connectivity index (χ4n) is 3.64. The Hall–Kier alpha value is -3.38. The Balaban J connectivity index is 1.60. The van der Waals surface area contributed by atoms with Gasteiger partial charge in [0.05, 0.1) is 6.42 Å². The highest BCUT2D eigenvalue weighted by molar-refractivity contribution is 6.02. The Morgan fingerprint density at radius 2 is 1.69 bits per heavy atom. The van der Waals surface area contributed by atoms with Crippen molar-refractivity contribution in [2.24, 2.45) is 0 Å². The zero-order chi connectivity index (χ0) is 23.2. The molecule has 0 saturated carbocycles. The molecule has 0 aromatic heterocycles. The van der Waals surface area contributed by atoms with Crippen molar-refractivity contribution < 1.29 is 54.4 Å². The van der Waals surface area contributed by atoms with E-state index in [4.69, 9.17) is 19.3 Å². The summed E-state index contributed by atoms with van der Waals surface area (Å²) in [5, 5.41) is 58.7. The molecule has 32 heavy (non-hydrogen) atoms. The molecule has 1 fully saturated rings. The van der Waals surface area contributed by atoms with Crippen molar-refractivity contribution in [1.29, 1.82) is 0 Å². The maximum absolute atomic E-state index is 12.6. The third-order valence-corrected chi connectivity index (χ3v) is 5.30. The van der Waals surface area contributed by atoms with Gasteiger partial charge in [0.25, 0.3) is 0 Å². The molecule has 170 valence electrons. The van der Waals surface area contributed by atoms with Gasteiger partial charge in [0.15, 0.2) is 11.9 Å². The van der Waals surface area contributed by atoms with Crippen LogP contribution in [0.1, 0.15) is 28.4 Å². The smallest absolute Gasteiger partial charge is 0.335 e. The molecule has 0 amide bonds. The maximum atomic E-state index is 12.6. The number of ketones is 1. The van der Waals surface area contributed by atoms with Crippen molar-refractivity contribution in [2.45, 2.75) is 43.2 Å². The summed E-state index contributed by atoms with van der Waals surface area (Å²) < 4.78 is 16.3. The van der Waals surface area contributed by atoms with Crippen molar-refractivity contribution in [3.05, 3.63) is 47.5 Å². The molecule has 6 N–H and O–H groups in total. The number of hydrogen-bond donors (Lipinski definition) is 6. The lowest BCUT2D eigenvalue weighted by Crippen LogP contribution is -2.61. The fraction of sp³-hybridized carbons (Fsp3) is 0.333. The van der Waals surface area contributed by atoms with Gasteiger partial charge in [-0.2, -0.15) is 0 Å². The van der Waals surface area contributed by atoms with E-state index in [-0.39, 0.29) is 29.2 Å². The van der Waals surface area contributed by atoms with E-state index in [2.05, 4.69) is 0 Å². The SMILES string of the molecule is O=C1CC(c2ccc(O)cc2)Oc2cc(O[C@@H]3OC(C(=O)O)[C@@H](O)[C@H](O)C3O)cc(O)c21. The van der Waals surface area contributed by atoms with Crippen LogP contribution in [0.5, 0.6) is 23.0 Å². The Bertz CT molecular complexity index is 1030. The number of hydrogen-bond acceptors (Lipinski definition) is 10. The van der Waals surface area contributed by atoms with Crippen molar-refractivity contribution in [1.82, 2.24) is 0 Å². The summed E-state index contributed by atoms with van der Waals surface area (Å²) in [5.74, 6) is -2.55. The second-order valence-corrected chi connectivity index (χ2v) is 7.49. The number of rotatable bonds is 4. The maximum Gasteiger partial charge on any atom is 0.335 e. The zero-order valence-electron chi connectivity index (χ0n) is 16.4. The number of carbonyl (C=O) groups is 2. The van der Waals surface area contributed by atoms with E-state index in [0.29, 0.717) is 5.56 Å². The first kappa shape index (κ1) is 21.8. The Morgan fingerprint density at radius 1 is 1.00 bits per heavy atom. The number of Topliss-reactive ketones (excluding diaryl/α,β-unsaturated/α-hetero) is 1. The Labute approximate surface area is 180 Å². The van der Waals surface area contributed by atoms with Crippen molar-refractivity contribution in [3.63, 3.8) is 0 Å². The molecule has 1 saturated heterocycles. The number of phenols is 2. The largest absolute Gasteiger partial charge is 0.508 e. The quantitative estimate of drug-likeness (QED) is 0.372. The van der Waals surface area contributed by atoms with Gasteiger partial charge < -0.3 is 44.8 Å². The van der Waals surface area contributed by atoms with Gasteiger partial charge in [0.1, 0.15) is 53.0 Å². The Morgan fingerprint density at radius 3 is 2.34 bits per heavy atom. The van der Waals surface area contributed by atoms with E-state index >= 15 is 0 Å². The minimum atomic E-state index is -1.88. The van der Waals surface area contributed by atoms with Crippen molar-refractivity contribution >= 4 is 11.8 Å². The minimum absolute atomic E-state index is 0.0185. The van der Waals surface area contributed by atoms with Gasteiger partial charge in [-0.1, -0.05) is 12.1 Å². The molecule has 0 bridgehead atoms. The van der Waals surface area contributed by atoms with Crippen molar-refractivity contribution in [3.8, 4) is 23.0 Å². The highest BCUT2D eigenvalue weighted by atomic mass is 16.7. The summed E-state index contributed by atoms with van der Waals surface area (Å²) in [6.07, 6.45) is -9.86. The molecule has 0 aliphatic carbocycles. The monoisotopic (exact) mass is 448 g/mol. The molecule has 4 rings (SSSR count). The summed E-state index contributed by atoms with van der Waals surface area (Å²) in [7, 11) is 0. The van der Waals surface area contributed by atoms with Gasteiger partial charge in [-0.3, -0.25) is 4.79 Å². The minimum Gasteiger partial charge on any atom is -0.508 e. The van der Waals surface area contributed by atoms with Crippen LogP contribution in [0.4, 0.5) is 0 Å². The number of carboxylic acids is 1. The van der Waals surface area contributed by atoms with Crippen LogP contribution in [-0.4, -0.2) is 73.1 Å². The average molecular weight is 448 g/mol. The van der Waals surface area contributed by atoms with E-state index in [1.54, 1.807) is 12.1 Å². The first-order chi connectivity index (χ1) is 15.2. The number of ether oxygens (including phenoxy) is 3. The third kappa shape index (κ3) is 3.94. The van der Waals surface area contributed by atoms with E-state index in [1.165, 1.54) is 18.2 Å². The number of aliphatic hydroxyl groups excluding tert-OH is 3. The molecule has 2 aliphatic rings. The standard InChI is InChI=1S/C21H20O11/c22-9-3-1-8(2-4-9)13-7-12(24)15-11(23)5-10(6-14(15)31-13)30-21-18(27)16(25)17(26)19(32-21)20(28)29/h1-6,13,16-19,21-23,25-27H,7H2,(H,28,29)/t13?,16-,17-,18?,19?,21+/m0/s1. The van der Waals surface area contributed by atoms with E-state index in [0.717, 1.165) is 6.07 Å². The first-order valence-corrected chi connectivity index (χ1v) is 9.60. The van der Waals surface area contributed by atoms with Crippen LogP contribution in [0.25, 0.3) is 0 Å². The number of phenolic OH excluding ortho intramolecular Hbond substituents is 2. The molecule has 0 radical (unpaired) electrons. The van der Waals surface area contributed by atoms with Crippen LogP contribution in [0.3, 0.4) is 0 Å². The molecular weight excluding hydrogens is 428 g/mol. The highest BCUT2D eigenvalue weighted by Crippen LogP contribution is 2.42. The van der Waals surface area contributed by atoms with Crippen LogP contribution in [-0.2, 0) is 9.53 Å². The number of carbonyl (C=O) groups excluding carboxylic acids is 1. The highest BCUT2D eigenvalue weighted by Gasteiger charge is 2.48. The number of aromatic hydroxyl groups is 2. The summed E-state index contributed by atoms with van der Waals surface area (Å²) in [5.41, 5.74) is 0.538. The van der Waals surface area contributed by atoms with E-state index in [9.17, 15) is 35.1 Å². The molecule has 2 heterocycles. The molecule has 3 unspecified atom stereocenters. The normalized spacial score (nSPS) is 29.7. The topological polar surface area (TPSA) is 183 Å². The lowest BCUT2D eigenvalue weighted by molar-refractivity contribution is -0.271. The summed E-state index contributed by atoms with van der Waals surface area (Å²) in [4.78, 5) is 23.8. The molecule has 11 nitrogen and oxygen atoms in total. The van der Waals surface area contributed by atoms with Gasteiger partial charge in [-0.15, -0.1) is 0 Å². The number of aliphatic carboxylic acids is 1. The fourth-order valence-corrected chi connectivity index (χ4v) is 3.64. The van der Waals surface area contributed by atoms with Crippen LogP contribution < -0.4 is 9.47 Å². The predicted molar refractivity (Wildman–Crippen MR) is 103 cm³/mol. The number of aliphatic hydroxyl groups is 3. The van der Waals surface area contributed by atoms with Crippen LogP contribution in [0.2, 0.25) is 0 Å². The second-order valence-electron chi connectivity index (χ2n) is 7.49. The van der Waals surface area contributed by atoms with Crippen molar-refractivity contribution in [2.75, 3.05) is 0 Å². The summed E-state index contributed by atoms with van der Waals surface area (Å²) >= 11 is 0. The number of benzene rings is 2. The Kier molecular flexibility index (Phi) is 5.65. The molecule has 2 aromatic rings. The van der Waals surface area contributed by atoms with Gasteiger partial charge in [0, 0.05) is 12.1 Å². The average Bonchev–Trinajstić information content (AvgIpc) is 2.73. The van der Waals surface area contributed by atoms with E-state index in [1.807, 2.05) is 0 Å². The molecule has 2 aromatic carbocycles. The van der Waals surface area contributed by atoms with Gasteiger partial charge >= 0.3 is 5.97 Å². The van der Waals surface area contributed by atoms with Crippen LogP contribution >= 0.6 is 0 Å². The first-order valence-electron chi connectivity index (χ1n) is 9.60. The summed E-state index contributed by atoms with van der Waals surface area (Å²) in [6.45, 7) is 0. The zero-order valence-corrected chi connectivity index (χ0v) is 16.4. The lowest BCUT2D eigenvalue weighted by Gasteiger charge is -2.38. The number of carboxylic acid groups (broad SMARTS) is 1. The van der Waals surface area contributed by atoms with Crippen LogP contribution in [0.15, 0.2) is 36.4 Å². The predicted octanol–water partition coefficient (Wildman–Crippen LogP) is 0.0753. The lowest BCUT2D eigenvalue weighted by atomic mass is 9.95. The van der Waals surface area contributed by atoms with Crippen LogP contribution in [0, 0.1) is 0 Å². The second kappa shape index (κ2) is 8.28. The third-order valence-electron chi connectivity index (χ3n) is 5.30. The van der Waals surface area contributed by atoms with Gasteiger partial charge in [-0.25, -0.2) is 4.79 Å². The molecule has 0 spiro atoms. The molecule has 11 heteroatoms. The number of fused-ring (bicyclic) bond motifs is 1. The molecule has 2 aliphatic heterocycles. The van der Waals surface area contributed by atoms with E-state index < -0.39 is 54.3 Å².